The zero-order chi connectivity index (χ0) is 25.7. The zero-order valence-electron chi connectivity index (χ0n) is 24.1. The Kier molecular flexibility index (Phi) is 17.3. The Morgan fingerprint density at radius 2 is 1.03 bits per heavy atom. The van der Waals surface area contributed by atoms with E-state index in [-0.39, 0.29) is 0 Å². The third-order valence-corrected chi connectivity index (χ3v) is 7.85. The predicted octanol–water partition coefficient (Wildman–Crippen LogP) is 10.9. The first-order chi connectivity index (χ1) is 17.7. The van der Waals surface area contributed by atoms with Gasteiger partial charge in [0.1, 0.15) is 0 Å². The second kappa shape index (κ2) is 20.4. The lowest BCUT2D eigenvalue weighted by Gasteiger charge is -2.08. The van der Waals surface area contributed by atoms with Crippen LogP contribution >= 0.6 is 0 Å². The maximum atomic E-state index is 4.66. The summed E-state index contributed by atoms with van der Waals surface area (Å²) in [6.07, 6.45) is 31.2. The van der Waals surface area contributed by atoms with Gasteiger partial charge in [-0.1, -0.05) is 148 Å². The third kappa shape index (κ3) is 14.1. The molecular formula is C34H56N2. The molecule has 1 unspecified atom stereocenters. The molecule has 0 spiro atoms. The van der Waals surface area contributed by atoms with Crippen LogP contribution in [-0.2, 0) is 12.8 Å². The molecule has 0 radical (unpaired) electrons. The molecule has 1 atom stereocenters. The first kappa shape index (κ1) is 30.5. The molecule has 0 saturated carbocycles. The number of hydrogen-bond donors (Lipinski definition) is 0. The van der Waals surface area contributed by atoms with E-state index in [1.54, 1.807) is 0 Å². The van der Waals surface area contributed by atoms with Crippen molar-refractivity contribution in [2.24, 2.45) is 5.92 Å². The van der Waals surface area contributed by atoms with Gasteiger partial charge in [-0.05, 0) is 42.7 Å². The van der Waals surface area contributed by atoms with Crippen molar-refractivity contribution >= 4 is 0 Å². The van der Waals surface area contributed by atoms with Crippen LogP contribution in [0.5, 0.6) is 0 Å². The molecule has 0 amide bonds. The maximum Gasteiger partial charge on any atom is 0.159 e. The van der Waals surface area contributed by atoms with Gasteiger partial charge in [-0.3, -0.25) is 0 Å². The van der Waals surface area contributed by atoms with Crippen molar-refractivity contribution in [1.82, 2.24) is 9.97 Å². The van der Waals surface area contributed by atoms with Crippen molar-refractivity contribution in [3.63, 3.8) is 0 Å². The summed E-state index contributed by atoms with van der Waals surface area (Å²) < 4.78 is 0. The van der Waals surface area contributed by atoms with E-state index in [2.05, 4.69) is 55.0 Å². The third-order valence-electron chi connectivity index (χ3n) is 7.85. The van der Waals surface area contributed by atoms with Crippen LogP contribution in [0.2, 0.25) is 0 Å². The highest BCUT2D eigenvalue weighted by Gasteiger charge is 2.03. The van der Waals surface area contributed by atoms with Crippen molar-refractivity contribution < 1.29 is 0 Å². The van der Waals surface area contributed by atoms with Crippen molar-refractivity contribution in [3.05, 3.63) is 47.8 Å². The van der Waals surface area contributed by atoms with E-state index >= 15 is 0 Å². The SMILES string of the molecule is CCCCCCCCCCCCCCc1cnc(-c2ccc(CCCCCCC(C)CC)cc2)nc1. The lowest BCUT2D eigenvalue weighted by molar-refractivity contribution is 0.475. The van der Waals surface area contributed by atoms with Crippen LogP contribution in [0.15, 0.2) is 36.7 Å². The lowest BCUT2D eigenvalue weighted by atomic mass is 9.99. The van der Waals surface area contributed by atoms with Gasteiger partial charge in [0.2, 0.25) is 0 Å². The molecule has 36 heavy (non-hydrogen) atoms. The fourth-order valence-electron chi connectivity index (χ4n) is 5.00. The highest BCUT2D eigenvalue weighted by atomic mass is 14.9. The standard InChI is InChI=1S/C34H56N2/c1-4-6-7-8-9-10-11-12-13-14-15-20-23-32-28-35-34(36-29-32)33-26-24-31(25-27-33)22-19-17-16-18-21-30(3)5-2/h24-30H,4-23H2,1-3H3. The van der Waals surface area contributed by atoms with E-state index in [1.165, 1.54) is 133 Å². The first-order valence-electron chi connectivity index (χ1n) is 15.6. The summed E-state index contributed by atoms with van der Waals surface area (Å²) in [5, 5.41) is 0. The van der Waals surface area contributed by atoms with Crippen LogP contribution in [-0.4, -0.2) is 9.97 Å². The molecule has 2 rings (SSSR count). The zero-order valence-corrected chi connectivity index (χ0v) is 24.1. The van der Waals surface area contributed by atoms with Gasteiger partial charge in [0, 0.05) is 18.0 Å². The average Bonchev–Trinajstić information content (AvgIpc) is 2.92. The number of aromatic nitrogens is 2. The smallest absolute Gasteiger partial charge is 0.159 e. The molecule has 0 fully saturated rings. The Morgan fingerprint density at radius 3 is 1.56 bits per heavy atom. The molecule has 2 nitrogen and oxygen atoms in total. The minimum absolute atomic E-state index is 0.852. The molecule has 0 aliphatic rings. The number of nitrogens with zero attached hydrogens (tertiary/aromatic N) is 2. The molecular weight excluding hydrogens is 436 g/mol. The van der Waals surface area contributed by atoms with Gasteiger partial charge in [0.15, 0.2) is 5.82 Å². The minimum Gasteiger partial charge on any atom is -0.236 e. The van der Waals surface area contributed by atoms with E-state index in [0.29, 0.717) is 0 Å². The molecule has 0 aliphatic heterocycles. The van der Waals surface area contributed by atoms with Crippen molar-refractivity contribution in [3.8, 4) is 11.4 Å². The molecule has 0 bridgehead atoms. The monoisotopic (exact) mass is 492 g/mol. The van der Waals surface area contributed by atoms with E-state index in [4.69, 9.17) is 0 Å². The highest BCUT2D eigenvalue weighted by molar-refractivity contribution is 5.55. The van der Waals surface area contributed by atoms with E-state index < -0.39 is 0 Å². The largest absolute Gasteiger partial charge is 0.236 e. The summed E-state index contributed by atoms with van der Waals surface area (Å²) >= 11 is 0. The lowest BCUT2D eigenvalue weighted by Crippen LogP contribution is -1.94. The fraction of sp³-hybridized carbons (Fsp3) is 0.706. The normalized spacial score (nSPS) is 12.2. The molecule has 2 aromatic rings. The van der Waals surface area contributed by atoms with Crippen molar-refractivity contribution in [1.29, 1.82) is 0 Å². The molecule has 0 saturated heterocycles. The van der Waals surface area contributed by atoms with Gasteiger partial charge in [0.05, 0.1) is 0 Å². The number of benzene rings is 1. The van der Waals surface area contributed by atoms with Crippen LogP contribution in [0.4, 0.5) is 0 Å². The Hall–Kier alpha value is -1.70. The van der Waals surface area contributed by atoms with Crippen LogP contribution in [0.1, 0.15) is 147 Å². The van der Waals surface area contributed by atoms with Crippen LogP contribution in [0.3, 0.4) is 0 Å². The summed E-state index contributed by atoms with van der Waals surface area (Å²) in [5.74, 6) is 1.74. The van der Waals surface area contributed by atoms with Gasteiger partial charge in [-0.15, -0.1) is 0 Å². The fourth-order valence-corrected chi connectivity index (χ4v) is 5.00. The Balaban J connectivity index is 1.54. The first-order valence-corrected chi connectivity index (χ1v) is 15.6. The van der Waals surface area contributed by atoms with Gasteiger partial charge < -0.3 is 0 Å². The summed E-state index contributed by atoms with van der Waals surface area (Å²) in [7, 11) is 0. The molecule has 202 valence electrons. The predicted molar refractivity (Wildman–Crippen MR) is 158 cm³/mol. The van der Waals surface area contributed by atoms with Gasteiger partial charge in [-0.25, -0.2) is 9.97 Å². The quantitative estimate of drug-likeness (QED) is 0.153. The topological polar surface area (TPSA) is 25.8 Å². The minimum atomic E-state index is 0.852. The van der Waals surface area contributed by atoms with Crippen molar-refractivity contribution in [2.75, 3.05) is 0 Å². The van der Waals surface area contributed by atoms with Crippen LogP contribution in [0, 0.1) is 5.92 Å². The van der Waals surface area contributed by atoms with E-state index in [9.17, 15) is 0 Å². The van der Waals surface area contributed by atoms with Crippen LogP contribution < -0.4 is 0 Å². The van der Waals surface area contributed by atoms with Gasteiger partial charge >= 0.3 is 0 Å². The summed E-state index contributed by atoms with van der Waals surface area (Å²) in [4.78, 5) is 9.32. The second-order valence-corrected chi connectivity index (χ2v) is 11.2. The Bertz CT molecular complexity index is 750. The summed E-state index contributed by atoms with van der Waals surface area (Å²) in [5.41, 5.74) is 3.84. The molecule has 2 heteroatoms. The molecule has 1 heterocycles. The maximum absolute atomic E-state index is 4.66. The highest BCUT2D eigenvalue weighted by Crippen LogP contribution is 2.19. The van der Waals surface area contributed by atoms with E-state index in [0.717, 1.165) is 23.7 Å². The van der Waals surface area contributed by atoms with Gasteiger partial charge in [-0.2, -0.15) is 0 Å². The summed E-state index contributed by atoms with van der Waals surface area (Å²) in [6, 6.07) is 8.91. The molecule has 0 N–H and O–H groups in total. The van der Waals surface area contributed by atoms with Crippen LogP contribution in [0.25, 0.3) is 11.4 Å². The second-order valence-electron chi connectivity index (χ2n) is 11.2. The Morgan fingerprint density at radius 1 is 0.556 bits per heavy atom. The summed E-state index contributed by atoms with van der Waals surface area (Å²) in [6.45, 7) is 6.96. The average molecular weight is 493 g/mol. The number of rotatable bonds is 22. The molecule has 1 aromatic carbocycles. The van der Waals surface area contributed by atoms with Crippen molar-refractivity contribution in [2.45, 2.75) is 149 Å². The van der Waals surface area contributed by atoms with Gasteiger partial charge in [0.25, 0.3) is 0 Å². The molecule has 1 aromatic heterocycles. The number of unbranched alkanes of at least 4 members (excludes halogenated alkanes) is 14. The number of aryl methyl sites for hydroxylation is 2. The Labute approximate surface area is 224 Å². The molecule has 0 aliphatic carbocycles. The number of hydrogen-bond acceptors (Lipinski definition) is 2. The van der Waals surface area contributed by atoms with E-state index in [1.807, 2.05) is 12.4 Å².